The Balaban J connectivity index is 1.79. The lowest BCUT2D eigenvalue weighted by molar-refractivity contribution is 0.0739. The van der Waals surface area contributed by atoms with Crippen molar-refractivity contribution in [3.8, 4) is 0 Å². The van der Waals surface area contributed by atoms with Gasteiger partial charge in [0.15, 0.2) is 0 Å². The van der Waals surface area contributed by atoms with Gasteiger partial charge in [-0.25, -0.2) is 4.98 Å². The molecule has 0 atom stereocenters. The minimum absolute atomic E-state index is 0.183. The second-order valence-corrected chi connectivity index (χ2v) is 6.43. The van der Waals surface area contributed by atoms with Crippen LogP contribution in [0.3, 0.4) is 0 Å². The first kappa shape index (κ1) is 14.4. The van der Waals surface area contributed by atoms with Crippen molar-refractivity contribution < 1.29 is 4.79 Å². The Bertz CT molecular complexity index is 485. The predicted octanol–water partition coefficient (Wildman–Crippen LogP) is 2.95. The van der Waals surface area contributed by atoms with E-state index in [1.807, 2.05) is 19.2 Å². The average Bonchev–Trinajstić information content (AvgIpc) is 3.41. The highest BCUT2D eigenvalue weighted by Gasteiger charge is 2.32. The van der Waals surface area contributed by atoms with Gasteiger partial charge in [0, 0.05) is 31.4 Å². The van der Waals surface area contributed by atoms with E-state index in [-0.39, 0.29) is 5.91 Å². The van der Waals surface area contributed by atoms with Crippen LogP contribution in [0.4, 0.5) is 5.82 Å². The lowest BCUT2D eigenvalue weighted by Gasteiger charge is -2.23. The van der Waals surface area contributed by atoms with Gasteiger partial charge >= 0.3 is 0 Å². The molecule has 0 spiro atoms. The highest BCUT2D eigenvalue weighted by atomic mass is 16.2. The number of aryl methyl sites for hydroxylation is 1. The Labute approximate surface area is 126 Å². The van der Waals surface area contributed by atoms with Crippen LogP contribution >= 0.6 is 0 Å². The fourth-order valence-corrected chi connectivity index (χ4v) is 2.67. The summed E-state index contributed by atoms with van der Waals surface area (Å²) in [5.74, 6) is 2.45. The molecule has 4 heteroatoms. The summed E-state index contributed by atoms with van der Waals surface area (Å²) in [4.78, 5) is 19.4. The van der Waals surface area contributed by atoms with Crippen molar-refractivity contribution in [3.05, 3.63) is 23.4 Å². The zero-order valence-corrected chi connectivity index (χ0v) is 13.1. The second-order valence-electron chi connectivity index (χ2n) is 6.43. The van der Waals surface area contributed by atoms with Crippen LogP contribution in [0, 0.1) is 11.8 Å². The Morgan fingerprint density at radius 1 is 1.24 bits per heavy atom. The second kappa shape index (κ2) is 6.04. The fraction of sp³-hybridized carbons (Fsp3) is 0.647. The number of carbonyl (C=O) groups excluding carboxylic acids is 1. The molecule has 0 aliphatic heterocycles. The first-order valence-electron chi connectivity index (χ1n) is 8.17. The topological polar surface area (TPSA) is 45.2 Å². The number of hydrogen-bond acceptors (Lipinski definition) is 3. The van der Waals surface area contributed by atoms with Crippen LogP contribution in [0.2, 0.25) is 0 Å². The molecule has 2 aliphatic carbocycles. The van der Waals surface area contributed by atoms with Gasteiger partial charge in [-0.05, 0) is 56.1 Å². The van der Waals surface area contributed by atoms with Gasteiger partial charge in [-0.3, -0.25) is 4.79 Å². The highest BCUT2D eigenvalue weighted by Crippen LogP contribution is 2.34. The first-order chi connectivity index (χ1) is 10.2. The standard InChI is InChI=1S/C17H25N3O/c1-3-15-8-14(9-16(18-2)19-15)17(21)20(10-12-4-5-12)11-13-6-7-13/h8-9,12-13H,3-7,10-11H2,1-2H3,(H,18,19). The Hall–Kier alpha value is -1.58. The summed E-state index contributed by atoms with van der Waals surface area (Å²) in [6, 6.07) is 3.84. The van der Waals surface area contributed by atoms with Gasteiger partial charge in [0.2, 0.25) is 0 Å². The van der Waals surface area contributed by atoms with Crippen LogP contribution in [0.5, 0.6) is 0 Å². The zero-order valence-electron chi connectivity index (χ0n) is 13.1. The third-order valence-electron chi connectivity index (χ3n) is 4.38. The maximum Gasteiger partial charge on any atom is 0.254 e. The molecule has 1 heterocycles. The van der Waals surface area contributed by atoms with Crippen LogP contribution < -0.4 is 5.32 Å². The van der Waals surface area contributed by atoms with Crippen LogP contribution in [0.25, 0.3) is 0 Å². The molecule has 1 N–H and O–H groups in total. The van der Waals surface area contributed by atoms with Crippen molar-refractivity contribution >= 4 is 11.7 Å². The van der Waals surface area contributed by atoms with Crippen molar-refractivity contribution in [1.29, 1.82) is 0 Å². The van der Waals surface area contributed by atoms with E-state index < -0.39 is 0 Å². The molecule has 1 aromatic rings. The van der Waals surface area contributed by atoms with Crippen molar-refractivity contribution in [1.82, 2.24) is 9.88 Å². The molecule has 0 aromatic carbocycles. The highest BCUT2D eigenvalue weighted by molar-refractivity contribution is 5.95. The molecule has 1 amide bonds. The van der Waals surface area contributed by atoms with Crippen LogP contribution in [0.1, 0.15) is 48.7 Å². The summed E-state index contributed by atoms with van der Waals surface area (Å²) in [5.41, 5.74) is 1.76. The van der Waals surface area contributed by atoms with E-state index >= 15 is 0 Å². The van der Waals surface area contributed by atoms with Crippen molar-refractivity contribution in [3.63, 3.8) is 0 Å². The van der Waals surface area contributed by atoms with Gasteiger partial charge in [-0.2, -0.15) is 0 Å². The molecular formula is C17H25N3O. The lowest BCUT2D eigenvalue weighted by atomic mass is 10.1. The van der Waals surface area contributed by atoms with Crippen LogP contribution in [-0.2, 0) is 6.42 Å². The molecule has 4 nitrogen and oxygen atoms in total. The number of rotatable bonds is 7. The van der Waals surface area contributed by atoms with Gasteiger partial charge < -0.3 is 10.2 Å². The van der Waals surface area contributed by atoms with Crippen molar-refractivity contribution in [2.45, 2.75) is 39.0 Å². The number of aromatic nitrogens is 1. The van der Waals surface area contributed by atoms with Crippen molar-refractivity contribution in [2.75, 3.05) is 25.5 Å². The molecule has 2 fully saturated rings. The lowest BCUT2D eigenvalue weighted by Crippen LogP contribution is -2.34. The molecule has 21 heavy (non-hydrogen) atoms. The number of hydrogen-bond donors (Lipinski definition) is 1. The van der Waals surface area contributed by atoms with Gasteiger partial charge in [-0.15, -0.1) is 0 Å². The molecule has 0 saturated heterocycles. The molecule has 2 saturated carbocycles. The summed E-state index contributed by atoms with van der Waals surface area (Å²) in [6.45, 7) is 3.95. The van der Waals surface area contributed by atoms with E-state index in [0.717, 1.165) is 48.4 Å². The normalized spacial score (nSPS) is 17.6. The van der Waals surface area contributed by atoms with Crippen molar-refractivity contribution in [2.24, 2.45) is 11.8 Å². The van der Waals surface area contributed by atoms with Gasteiger partial charge in [0.05, 0.1) is 0 Å². The summed E-state index contributed by atoms with van der Waals surface area (Å²) in [7, 11) is 1.85. The number of carbonyl (C=O) groups is 1. The molecule has 0 bridgehead atoms. The SMILES string of the molecule is CCc1cc(C(=O)N(CC2CC2)CC2CC2)cc(NC)n1. The van der Waals surface area contributed by atoms with E-state index in [0.29, 0.717) is 0 Å². The minimum atomic E-state index is 0.183. The molecule has 2 aliphatic rings. The number of nitrogens with one attached hydrogen (secondary N) is 1. The van der Waals surface area contributed by atoms with E-state index in [9.17, 15) is 4.79 Å². The first-order valence-corrected chi connectivity index (χ1v) is 8.17. The van der Waals surface area contributed by atoms with E-state index in [1.54, 1.807) is 0 Å². The van der Waals surface area contributed by atoms with Crippen LogP contribution in [-0.4, -0.2) is 35.9 Å². The quantitative estimate of drug-likeness (QED) is 0.838. The molecule has 114 valence electrons. The summed E-state index contributed by atoms with van der Waals surface area (Å²) >= 11 is 0. The number of nitrogens with zero attached hydrogens (tertiary/aromatic N) is 2. The number of pyridine rings is 1. The summed E-state index contributed by atoms with van der Waals surface area (Å²) in [6.07, 6.45) is 5.99. The summed E-state index contributed by atoms with van der Waals surface area (Å²) < 4.78 is 0. The van der Waals surface area contributed by atoms with E-state index in [4.69, 9.17) is 0 Å². The van der Waals surface area contributed by atoms with Crippen LogP contribution in [0.15, 0.2) is 12.1 Å². The third kappa shape index (κ3) is 3.74. The maximum absolute atomic E-state index is 12.9. The number of amides is 1. The molecule has 0 unspecified atom stereocenters. The molecule has 3 rings (SSSR count). The smallest absolute Gasteiger partial charge is 0.254 e. The Morgan fingerprint density at radius 3 is 2.33 bits per heavy atom. The Morgan fingerprint density at radius 2 is 1.86 bits per heavy atom. The molecular weight excluding hydrogens is 262 g/mol. The van der Waals surface area contributed by atoms with Gasteiger partial charge in [0.25, 0.3) is 5.91 Å². The van der Waals surface area contributed by atoms with Gasteiger partial charge in [0.1, 0.15) is 5.82 Å². The fourth-order valence-electron chi connectivity index (χ4n) is 2.67. The molecule has 0 radical (unpaired) electrons. The average molecular weight is 287 g/mol. The largest absolute Gasteiger partial charge is 0.373 e. The maximum atomic E-state index is 12.9. The monoisotopic (exact) mass is 287 g/mol. The van der Waals surface area contributed by atoms with E-state index in [2.05, 4.69) is 22.1 Å². The zero-order chi connectivity index (χ0) is 14.8. The third-order valence-corrected chi connectivity index (χ3v) is 4.38. The van der Waals surface area contributed by atoms with E-state index in [1.165, 1.54) is 25.7 Å². The van der Waals surface area contributed by atoms with Gasteiger partial charge in [-0.1, -0.05) is 6.92 Å². The Kier molecular flexibility index (Phi) is 4.13. The number of anilines is 1. The summed E-state index contributed by atoms with van der Waals surface area (Å²) in [5, 5.41) is 3.06. The minimum Gasteiger partial charge on any atom is -0.373 e. The predicted molar refractivity (Wildman–Crippen MR) is 84.5 cm³/mol. The molecule has 1 aromatic heterocycles.